The van der Waals surface area contributed by atoms with Crippen molar-refractivity contribution in [1.82, 2.24) is 5.32 Å². The largest absolute Gasteiger partial charge is 0.347 e. The molecule has 0 saturated carbocycles. The van der Waals surface area contributed by atoms with E-state index in [0.29, 0.717) is 25.2 Å². The van der Waals surface area contributed by atoms with Crippen LogP contribution in [0.2, 0.25) is 0 Å². The zero-order valence-corrected chi connectivity index (χ0v) is 15.0. The summed E-state index contributed by atoms with van der Waals surface area (Å²) in [6, 6.07) is 28.8. The van der Waals surface area contributed by atoms with Crippen molar-refractivity contribution in [3.8, 4) is 0 Å². The van der Waals surface area contributed by atoms with Crippen LogP contribution in [0.25, 0.3) is 0 Å². The summed E-state index contributed by atoms with van der Waals surface area (Å²) in [5.74, 6) is -1.15. The van der Waals surface area contributed by atoms with Crippen LogP contribution in [-0.2, 0) is 22.6 Å². The fourth-order valence-corrected chi connectivity index (χ4v) is 2.82. The molecule has 1 N–H and O–H groups in total. The summed E-state index contributed by atoms with van der Waals surface area (Å²) in [6.45, 7) is 0.762. The van der Waals surface area contributed by atoms with Crippen molar-refractivity contribution in [3.63, 3.8) is 0 Å². The Morgan fingerprint density at radius 3 is 1.81 bits per heavy atom. The van der Waals surface area contributed by atoms with Crippen LogP contribution in [0.4, 0.5) is 5.69 Å². The molecule has 2 amide bonds. The summed E-state index contributed by atoms with van der Waals surface area (Å²) in [5, 5.41) is 2.74. The Morgan fingerprint density at radius 2 is 1.22 bits per heavy atom. The van der Waals surface area contributed by atoms with E-state index in [4.69, 9.17) is 0 Å². The highest BCUT2D eigenvalue weighted by Gasteiger charge is 2.23. The minimum Gasteiger partial charge on any atom is -0.347 e. The van der Waals surface area contributed by atoms with Crippen LogP contribution in [0.1, 0.15) is 11.1 Å². The molecule has 4 heteroatoms. The lowest BCUT2D eigenvalue weighted by Gasteiger charge is -2.22. The number of hydrogen-bond acceptors (Lipinski definition) is 2. The Bertz CT molecular complexity index is 865. The van der Waals surface area contributed by atoms with Crippen LogP contribution in [0.3, 0.4) is 0 Å². The third-order valence-corrected chi connectivity index (χ3v) is 4.23. The summed E-state index contributed by atoms with van der Waals surface area (Å²) in [5.41, 5.74) is 2.78. The predicted octanol–water partition coefficient (Wildman–Crippen LogP) is 3.58. The number of nitrogens with zero attached hydrogens (tertiary/aromatic N) is 1. The first-order valence-corrected chi connectivity index (χ1v) is 8.96. The average Bonchev–Trinajstić information content (AvgIpc) is 2.73. The molecule has 4 nitrogen and oxygen atoms in total. The van der Waals surface area contributed by atoms with Gasteiger partial charge in [-0.3, -0.25) is 14.5 Å². The minimum absolute atomic E-state index is 0.343. The van der Waals surface area contributed by atoms with Gasteiger partial charge in [0.1, 0.15) is 0 Å². The maximum absolute atomic E-state index is 12.8. The lowest BCUT2D eigenvalue weighted by atomic mass is 10.1. The second kappa shape index (κ2) is 9.34. The number of hydrogen-bond donors (Lipinski definition) is 1. The number of benzene rings is 3. The topological polar surface area (TPSA) is 49.4 Å². The highest BCUT2D eigenvalue weighted by Crippen LogP contribution is 2.17. The van der Waals surface area contributed by atoms with Gasteiger partial charge in [-0.2, -0.15) is 0 Å². The quantitative estimate of drug-likeness (QED) is 0.685. The molecule has 0 spiro atoms. The molecule has 0 saturated heterocycles. The fraction of sp³-hybridized carbons (Fsp3) is 0.130. The van der Waals surface area contributed by atoms with Crippen molar-refractivity contribution in [2.45, 2.75) is 13.0 Å². The Hall–Kier alpha value is -3.40. The summed E-state index contributed by atoms with van der Waals surface area (Å²) >= 11 is 0. The van der Waals surface area contributed by atoms with E-state index in [-0.39, 0.29) is 0 Å². The first kappa shape index (κ1) is 18.4. The van der Waals surface area contributed by atoms with E-state index >= 15 is 0 Å². The highest BCUT2D eigenvalue weighted by atomic mass is 16.2. The van der Waals surface area contributed by atoms with E-state index in [0.717, 1.165) is 11.1 Å². The zero-order chi connectivity index (χ0) is 18.9. The van der Waals surface area contributed by atoms with E-state index in [1.54, 1.807) is 0 Å². The van der Waals surface area contributed by atoms with Gasteiger partial charge in [-0.1, -0.05) is 78.9 Å². The van der Waals surface area contributed by atoms with E-state index in [2.05, 4.69) is 5.32 Å². The lowest BCUT2D eigenvalue weighted by Crippen LogP contribution is -2.43. The molecule has 0 atom stereocenters. The maximum Gasteiger partial charge on any atom is 0.316 e. The first-order valence-electron chi connectivity index (χ1n) is 8.96. The molecular weight excluding hydrogens is 336 g/mol. The number of para-hydroxylation sites is 1. The molecule has 27 heavy (non-hydrogen) atoms. The number of amides is 2. The van der Waals surface area contributed by atoms with Crippen molar-refractivity contribution < 1.29 is 9.59 Å². The van der Waals surface area contributed by atoms with Gasteiger partial charge in [-0.15, -0.1) is 0 Å². The zero-order valence-electron chi connectivity index (χ0n) is 15.0. The van der Waals surface area contributed by atoms with Gasteiger partial charge in [0.25, 0.3) is 0 Å². The van der Waals surface area contributed by atoms with Crippen molar-refractivity contribution in [3.05, 3.63) is 102 Å². The number of carbonyl (C=O) groups excluding carboxylic acids is 2. The molecule has 0 unspecified atom stereocenters. The molecule has 0 aromatic heterocycles. The summed E-state index contributed by atoms with van der Waals surface area (Å²) in [7, 11) is 0. The highest BCUT2D eigenvalue weighted by molar-refractivity contribution is 6.40. The minimum atomic E-state index is -0.592. The standard InChI is InChI=1S/C23H22N2O2/c26-22(24-17-16-19-10-4-1-5-11-19)23(27)25(21-14-8-3-9-15-21)18-20-12-6-2-7-13-20/h1-15H,16-18H2,(H,24,26). The van der Waals surface area contributed by atoms with Gasteiger partial charge >= 0.3 is 11.8 Å². The van der Waals surface area contributed by atoms with Crippen molar-refractivity contribution in [2.24, 2.45) is 0 Å². The molecule has 0 bridgehead atoms. The predicted molar refractivity (Wildman–Crippen MR) is 107 cm³/mol. The van der Waals surface area contributed by atoms with E-state index in [9.17, 15) is 9.59 Å². The fourth-order valence-electron chi connectivity index (χ4n) is 2.82. The van der Waals surface area contributed by atoms with Crippen LogP contribution in [0.15, 0.2) is 91.0 Å². The monoisotopic (exact) mass is 358 g/mol. The van der Waals surface area contributed by atoms with Gasteiger partial charge in [0, 0.05) is 12.2 Å². The van der Waals surface area contributed by atoms with Gasteiger partial charge < -0.3 is 5.32 Å². The molecule has 0 aliphatic carbocycles. The second-order valence-corrected chi connectivity index (χ2v) is 6.20. The van der Waals surface area contributed by atoms with E-state index in [1.165, 1.54) is 4.90 Å². The molecule has 3 aromatic carbocycles. The summed E-state index contributed by atoms with van der Waals surface area (Å²) in [6.07, 6.45) is 0.684. The van der Waals surface area contributed by atoms with Crippen molar-refractivity contribution >= 4 is 17.5 Å². The lowest BCUT2D eigenvalue weighted by molar-refractivity contribution is -0.137. The van der Waals surface area contributed by atoms with E-state index in [1.807, 2.05) is 91.0 Å². The van der Waals surface area contributed by atoms with Gasteiger partial charge in [0.2, 0.25) is 0 Å². The average molecular weight is 358 g/mol. The number of carbonyl (C=O) groups is 2. The Balaban J connectivity index is 1.67. The molecule has 136 valence electrons. The SMILES string of the molecule is O=C(NCCc1ccccc1)C(=O)N(Cc1ccccc1)c1ccccc1. The van der Waals surface area contributed by atoms with Crippen molar-refractivity contribution in [2.75, 3.05) is 11.4 Å². The Kier molecular flexibility index (Phi) is 6.36. The maximum atomic E-state index is 12.8. The number of nitrogens with one attached hydrogen (secondary N) is 1. The summed E-state index contributed by atoms with van der Waals surface area (Å²) in [4.78, 5) is 26.7. The normalized spacial score (nSPS) is 10.2. The van der Waals surface area contributed by atoms with Crippen LogP contribution in [0, 0.1) is 0 Å². The van der Waals surface area contributed by atoms with Gasteiger partial charge in [-0.25, -0.2) is 0 Å². The molecular formula is C23H22N2O2. The van der Waals surface area contributed by atoms with Crippen molar-refractivity contribution in [1.29, 1.82) is 0 Å². The Morgan fingerprint density at radius 1 is 0.704 bits per heavy atom. The van der Waals surface area contributed by atoms with Gasteiger partial charge in [0.05, 0.1) is 6.54 Å². The molecule has 0 aliphatic rings. The van der Waals surface area contributed by atoms with Crippen LogP contribution < -0.4 is 10.2 Å². The number of anilines is 1. The second-order valence-electron chi connectivity index (χ2n) is 6.20. The smallest absolute Gasteiger partial charge is 0.316 e. The molecule has 0 heterocycles. The Labute approximate surface area is 159 Å². The van der Waals surface area contributed by atoms with Gasteiger partial charge in [-0.05, 0) is 29.7 Å². The third-order valence-electron chi connectivity index (χ3n) is 4.23. The third kappa shape index (κ3) is 5.28. The number of rotatable bonds is 6. The molecule has 0 radical (unpaired) electrons. The van der Waals surface area contributed by atoms with Gasteiger partial charge in [0.15, 0.2) is 0 Å². The van der Waals surface area contributed by atoms with Crippen LogP contribution in [0.5, 0.6) is 0 Å². The molecule has 3 rings (SSSR count). The molecule has 0 fully saturated rings. The van der Waals surface area contributed by atoms with Crippen LogP contribution in [-0.4, -0.2) is 18.4 Å². The van der Waals surface area contributed by atoms with E-state index < -0.39 is 11.8 Å². The summed E-state index contributed by atoms with van der Waals surface area (Å²) < 4.78 is 0. The molecule has 0 aliphatic heterocycles. The molecule has 3 aromatic rings. The first-order chi connectivity index (χ1) is 13.2. The van der Waals surface area contributed by atoms with Crippen LogP contribution >= 0.6 is 0 Å².